The minimum Gasteiger partial charge on any atom is -0.437 e. The summed E-state index contributed by atoms with van der Waals surface area (Å²) in [6, 6.07) is 7.17. The minimum atomic E-state index is -0.723. The van der Waals surface area contributed by atoms with Crippen LogP contribution >= 0.6 is 0 Å². The summed E-state index contributed by atoms with van der Waals surface area (Å²) in [5.74, 6) is 0.465. The molecule has 0 fully saturated rings. The van der Waals surface area contributed by atoms with Gasteiger partial charge in [-0.15, -0.1) is 0 Å². The van der Waals surface area contributed by atoms with E-state index in [1.165, 1.54) is 7.11 Å². The fourth-order valence-corrected chi connectivity index (χ4v) is 1.04. The third-order valence-corrected chi connectivity index (χ3v) is 1.71. The first-order chi connectivity index (χ1) is 6.65. The van der Waals surface area contributed by atoms with Crippen LogP contribution in [0.3, 0.4) is 0 Å². The van der Waals surface area contributed by atoms with Gasteiger partial charge in [0.2, 0.25) is 0 Å². The zero-order valence-electron chi connectivity index (χ0n) is 8.24. The Hall–Kier alpha value is -1.77. The predicted molar refractivity (Wildman–Crippen MR) is 54.2 cm³/mol. The second-order valence-electron chi connectivity index (χ2n) is 2.83. The van der Waals surface area contributed by atoms with E-state index in [-0.39, 0.29) is 0 Å². The molecule has 74 valence electrons. The molecule has 0 N–H and O–H groups in total. The van der Waals surface area contributed by atoms with Gasteiger partial charge in [-0.1, -0.05) is 24.8 Å². The zero-order chi connectivity index (χ0) is 10.6. The fourth-order valence-electron chi connectivity index (χ4n) is 1.04. The molecule has 14 heavy (non-hydrogen) atoms. The van der Waals surface area contributed by atoms with E-state index in [0.717, 1.165) is 11.1 Å². The highest BCUT2D eigenvalue weighted by Crippen LogP contribution is 2.24. The average Bonchev–Trinajstić information content (AvgIpc) is 2.18. The monoisotopic (exact) mass is 192 g/mol. The van der Waals surface area contributed by atoms with E-state index >= 15 is 0 Å². The molecule has 1 aromatic carbocycles. The van der Waals surface area contributed by atoms with Crippen LogP contribution in [0.15, 0.2) is 30.8 Å². The van der Waals surface area contributed by atoms with Crippen LogP contribution in [-0.4, -0.2) is 13.3 Å². The van der Waals surface area contributed by atoms with Gasteiger partial charge < -0.3 is 9.47 Å². The molecule has 0 aromatic heterocycles. The number of benzene rings is 1. The van der Waals surface area contributed by atoms with Crippen molar-refractivity contribution in [1.82, 2.24) is 0 Å². The van der Waals surface area contributed by atoms with Gasteiger partial charge in [0.25, 0.3) is 0 Å². The summed E-state index contributed by atoms with van der Waals surface area (Å²) in [4.78, 5) is 10.9. The summed E-state index contributed by atoms with van der Waals surface area (Å²) in [6.07, 6.45) is -0.723. The summed E-state index contributed by atoms with van der Waals surface area (Å²) in [5.41, 5.74) is 1.64. The van der Waals surface area contributed by atoms with Gasteiger partial charge in [-0.3, -0.25) is 0 Å². The predicted octanol–water partition coefficient (Wildman–Crippen LogP) is 2.86. The number of hydrogen-bond donors (Lipinski definition) is 0. The molecule has 3 heteroatoms. The first-order valence-corrected chi connectivity index (χ1v) is 4.16. The van der Waals surface area contributed by atoms with Gasteiger partial charge in [0.15, 0.2) is 0 Å². The summed E-state index contributed by atoms with van der Waals surface area (Å²) in [6.45, 7) is 5.63. The SMILES string of the molecule is C=C(C)c1ccccc1OC(=O)OC. The Labute approximate surface area is 83.0 Å². The van der Waals surface area contributed by atoms with Gasteiger partial charge in [0.1, 0.15) is 5.75 Å². The third-order valence-electron chi connectivity index (χ3n) is 1.71. The number of carbonyl (C=O) groups is 1. The number of allylic oxidation sites excluding steroid dienone is 1. The molecular weight excluding hydrogens is 180 g/mol. The van der Waals surface area contributed by atoms with Crippen molar-refractivity contribution in [2.24, 2.45) is 0 Å². The molecule has 1 aromatic rings. The molecule has 0 aliphatic rings. The smallest absolute Gasteiger partial charge is 0.437 e. The van der Waals surface area contributed by atoms with Gasteiger partial charge in [-0.05, 0) is 18.6 Å². The molecule has 0 unspecified atom stereocenters. The molecule has 0 saturated carbocycles. The van der Waals surface area contributed by atoms with Crippen molar-refractivity contribution in [2.75, 3.05) is 7.11 Å². The number of methoxy groups -OCH3 is 1. The minimum absolute atomic E-state index is 0.465. The summed E-state index contributed by atoms with van der Waals surface area (Å²) in [5, 5.41) is 0. The Bertz CT molecular complexity index is 355. The highest BCUT2D eigenvalue weighted by atomic mass is 16.7. The first-order valence-electron chi connectivity index (χ1n) is 4.16. The quantitative estimate of drug-likeness (QED) is 0.534. The molecule has 3 nitrogen and oxygen atoms in total. The standard InChI is InChI=1S/C11H12O3/c1-8(2)9-6-4-5-7-10(9)14-11(12)13-3/h4-7H,1H2,2-3H3. The molecule has 0 aliphatic carbocycles. The van der Waals surface area contributed by atoms with Crippen molar-refractivity contribution in [2.45, 2.75) is 6.92 Å². The van der Waals surface area contributed by atoms with Crippen LogP contribution in [0.2, 0.25) is 0 Å². The Balaban J connectivity index is 2.95. The largest absolute Gasteiger partial charge is 0.513 e. The van der Waals surface area contributed by atoms with Crippen LogP contribution in [0.4, 0.5) is 4.79 Å². The van der Waals surface area contributed by atoms with E-state index < -0.39 is 6.16 Å². The lowest BCUT2D eigenvalue weighted by Crippen LogP contribution is -2.08. The van der Waals surface area contributed by atoms with Gasteiger partial charge >= 0.3 is 6.16 Å². The number of para-hydroxylation sites is 1. The molecule has 0 saturated heterocycles. The lowest BCUT2D eigenvalue weighted by Gasteiger charge is -2.07. The highest BCUT2D eigenvalue weighted by molar-refractivity contribution is 5.71. The Morgan fingerprint density at radius 2 is 2.00 bits per heavy atom. The van der Waals surface area contributed by atoms with Crippen LogP contribution in [0, 0.1) is 0 Å². The maximum atomic E-state index is 10.9. The van der Waals surface area contributed by atoms with E-state index in [4.69, 9.17) is 4.74 Å². The van der Waals surface area contributed by atoms with Crippen molar-refractivity contribution >= 4 is 11.7 Å². The van der Waals surface area contributed by atoms with Crippen LogP contribution < -0.4 is 4.74 Å². The van der Waals surface area contributed by atoms with Crippen LogP contribution in [0.1, 0.15) is 12.5 Å². The number of hydrogen-bond acceptors (Lipinski definition) is 3. The second kappa shape index (κ2) is 4.46. The van der Waals surface area contributed by atoms with E-state index in [1.54, 1.807) is 12.1 Å². The van der Waals surface area contributed by atoms with Crippen LogP contribution in [0.25, 0.3) is 5.57 Å². The lowest BCUT2D eigenvalue weighted by atomic mass is 10.1. The van der Waals surface area contributed by atoms with Crippen molar-refractivity contribution in [3.63, 3.8) is 0 Å². The molecule has 0 bridgehead atoms. The lowest BCUT2D eigenvalue weighted by molar-refractivity contribution is 0.121. The van der Waals surface area contributed by atoms with E-state index in [2.05, 4.69) is 11.3 Å². The summed E-state index contributed by atoms with van der Waals surface area (Å²) in [7, 11) is 1.27. The van der Waals surface area contributed by atoms with Crippen LogP contribution in [-0.2, 0) is 4.74 Å². The third kappa shape index (κ3) is 2.36. The van der Waals surface area contributed by atoms with Crippen molar-refractivity contribution < 1.29 is 14.3 Å². The van der Waals surface area contributed by atoms with Gasteiger partial charge in [0.05, 0.1) is 7.11 Å². The summed E-state index contributed by atoms with van der Waals surface area (Å²) >= 11 is 0. The molecule has 0 heterocycles. The van der Waals surface area contributed by atoms with E-state index in [1.807, 2.05) is 19.1 Å². The summed E-state index contributed by atoms with van der Waals surface area (Å²) < 4.78 is 9.33. The van der Waals surface area contributed by atoms with Gasteiger partial charge in [-0.2, -0.15) is 0 Å². The van der Waals surface area contributed by atoms with Gasteiger partial charge in [-0.25, -0.2) is 4.79 Å². The number of ether oxygens (including phenoxy) is 2. The molecule has 0 spiro atoms. The molecule has 0 atom stereocenters. The van der Waals surface area contributed by atoms with E-state index in [0.29, 0.717) is 5.75 Å². The maximum absolute atomic E-state index is 10.9. The van der Waals surface area contributed by atoms with E-state index in [9.17, 15) is 4.79 Å². The van der Waals surface area contributed by atoms with Crippen LogP contribution in [0.5, 0.6) is 5.75 Å². The van der Waals surface area contributed by atoms with Gasteiger partial charge in [0, 0.05) is 5.56 Å². The molecule has 0 aliphatic heterocycles. The van der Waals surface area contributed by atoms with Crippen molar-refractivity contribution in [3.05, 3.63) is 36.4 Å². The van der Waals surface area contributed by atoms with Crippen molar-refractivity contribution in [3.8, 4) is 5.75 Å². The second-order valence-corrected chi connectivity index (χ2v) is 2.83. The maximum Gasteiger partial charge on any atom is 0.513 e. The molecule has 0 amide bonds. The molecular formula is C11H12O3. The average molecular weight is 192 g/mol. The number of rotatable bonds is 2. The molecule has 0 radical (unpaired) electrons. The highest BCUT2D eigenvalue weighted by Gasteiger charge is 2.08. The van der Waals surface area contributed by atoms with Crippen molar-refractivity contribution in [1.29, 1.82) is 0 Å². The zero-order valence-corrected chi connectivity index (χ0v) is 8.24. The molecule has 1 rings (SSSR count). The Morgan fingerprint density at radius 1 is 1.36 bits per heavy atom. The Morgan fingerprint density at radius 3 is 2.57 bits per heavy atom. The topological polar surface area (TPSA) is 35.5 Å². The fraction of sp³-hybridized carbons (Fsp3) is 0.182. The Kier molecular flexibility index (Phi) is 3.29. The first kappa shape index (κ1) is 10.3. The normalized spacial score (nSPS) is 9.29. The number of carbonyl (C=O) groups excluding carboxylic acids is 1.